The molecule has 0 bridgehead atoms. The van der Waals surface area contributed by atoms with Crippen molar-refractivity contribution in [3.8, 4) is 0 Å². The Morgan fingerprint density at radius 3 is 2.36 bits per heavy atom. The summed E-state index contributed by atoms with van der Waals surface area (Å²) in [7, 11) is 1.65. The lowest BCUT2D eigenvalue weighted by Gasteiger charge is -2.16. The molecule has 82 valence electrons. The summed E-state index contributed by atoms with van der Waals surface area (Å²) in [5.74, 6) is -0.967. The number of nitrogens with zero attached hydrogens (tertiary/aromatic N) is 1. The lowest BCUT2D eigenvalue weighted by Crippen LogP contribution is -2.43. The van der Waals surface area contributed by atoms with E-state index in [-0.39, 0.29) is 6.04 Å². The Labute approximate surface area is 85.7 Å². The van der Waals surface area contributed by atoms with E-state index in [1.54, 1.807) is 7.05 Å². The maximum Gasteiger partial charge on any atom is 0.311 e. The average Bonchev–Trinajstić information content (AvgIpc) is 2.11. The zero-order chi connectivity index (χ0) is 11.1. The monoisotopic (exact) mass is 200 g/mol. The number of amides is 2. The minimum Gasteiger partial charge on any atom is -0.346 e. The number of carbonyl (C=O) groups is 2. The lowest BCUT2D eigenvalue weighted by molar-refractivity contribution is -0.145. The molecule has 0 aromatic heterocycles. The van der Waals surface area contributed by atoms with Crippen LogP contribution >= 0.6 is 0 Å². The van der Waals surface area contributed by atoms with Crippen LogP contribution in [-0.2, 0) is 9.59 Å². The zero-order valence-corrected chi connectivity index (χ0v) is 9.46. The van der Waals surface area contributed by atoms with Gasteiger partial charge in [-0.15, -0.1) is 0 Å². The van der Waals surface area contributed by atoms with E-state index in [0.717, 1.165) is 12.8 Å². The second kappa shape index (κ2) is 6.40. The Morgan fingerprint density at radius 2 is 1.93 bits per heavy atom. The Morgan fingerprint density at radius 1 is 1.36 bits per heavy atom. The van der Waals surface area contributed by atoms with Crippen molar-refractivity contribution in [3.05, 3.63) is 0 Å². The molecule has 2 amide bonds. The second-order valence-electron chi connectivity index (χ2n) is 3.71. The number of carbonyl (C=O) groups excluding carboxylic acids is 2. The van der Waals surface area contributed by atoms with Crippen molar-refractivity contribution >= 4 is 11.8 Å². The van der Waals surface area contributed by atoms with Gasteiger partial charge in [0, 0.05) is 19.6 Å². The van der Waals surface area contributed by atoms with Gasteiger partial charge in [0.1, 0.15) is 0 Å². The molecule has 0 aliphatic heterocycles. The molecule has 0 fully saturated rings. The predicted octanol–water partition coefficient (Wildman–Crippen LogP) is 0.769. The third-order valence-corrected chi connectivity index (χ3v) is 1.81. The fourth-order valence-electron chi connectivity index (χ4n) is 0.994. The molecule has 0 aromatic carbocycles. The summed E-state index contributed by atoms with van der Waals surface area (Å²) in [6.45, 7) is 6.35. The molecule has 0 unspecified atom stereocenters. The van der Waals surface area contributed by atoms with E-state index in [4.69, 9.17) is 0 Å². The van der Waals surface area contributed by atoms with Gasteiger partial charge in [0.25, 0.3) is 0 Å². The van der Waals surface area contributed by atoms with Crippen LogP contribution in [0.1, 0.15) is 33.6 Å². The first-order chi connectivity index (χ1) is 6.49. The summed E-state index contributed by atoms with van der Waals surface area (Å²) < 4.78 is 0. The Balaban J connectivity index is 3.98. The summed E-state index contributed by atoms with van der Waals surface area (Å²) in [4.78, 5) is 24.1. The number of likely N-dealkylation sites (N-methyl/N-ethyl adjacent to an activating group) is 1. The summed E-state index contributed by atoms with van der Waals surface area (Å²) in [5, 5.41) is 2.57. The van der Waals surface area contributed by atoms with Crippen LogP contribution in [0, 0.1) is 0 Å². The molecular weight excluding hydrogens is 180 g/mol. The molecule has 0 saturated carbocycles. The fourth-order valence-corrected chi connectivity index (χ4v) is 0.994. The normalized spacial score (nSPS) is 10.1. The zero-order valence-electron chi connectivity index (χ0n) is 9.46. The molecule has 0 saturated heterocycles. The summed E-state index contributed by atoms with van der Waals surface area (Å²) >= 11 is 0. The van der Waals surface area contributed by atoms with Gasteiger partial charge in [0.15, 0.2) is 0 Å². The van der Waals surface area contributed by atoms with Crippen molar-refractivity contribution in [2.45, 2.75) is 39.7 Å². The molecule has 0 heterocycles. The molecule has 0 spiro atoms. The van der Waals surface area contributed by atoms with Crippen LogP contribution in [0.2, 0.25) is 0 Å². The molecular formula is C10H20N2O2. The average molecular weight is 200 g/mol. The quantitative estimate of drug-likeness (QED) is 0.681. The lowest BCUT2D eigenvalue weighted by atomic mass is 10.3. The fraction of sp³-hybridized carbons (Fsp3) is 0.800. The van der Waals surface area contributed by atoms with E-state index in [1.165, 1.54) is 4.90 Å². The minimum absolute atomic E-state index is 0.00558. The standard InChI is InChI=1S/C10H20N2O2/c1-5-6-7-12(4)10(14)9(13)11-8(2)3/h8H,5-7H2,1-4H3,(H,11,13). The molecule has 4 nitrogen and oxygen atoms in total. The number of nitrogens with one attached hydrogen (secondary N) is 1. The third kappa shape index (κ3) is 4.84. The van der Waals surface area contributed by atoms with E-state index in [2.05, 4.69) is 5.32 Å². The van der Waals surface area contributed by atoms with Gasteiger partial charge in [-0.05, 0) is 20.3 Å². The van der Waals surface area contributed by atoms with Crippen LogP contribution in [0.4, 0.5) is 0 Å². The second-order valence-corrected chi connectivity index (χ2v) is 3.71. The molecule has 14 heavy (non-hydrogen) atoms. The van der Waals surface area contributed by atoms with Crippen LogP contribution < -0.4 is 5.32 Å². The molecule has 0 rings (SSSR count). The Kier molecular flexibility index (Phi) is 5.92. The molecule has 0 aromatic rings. The van der Waals surface area contributed by atoms with Gasteiger partial charge >= 0.3 is 11.8 Å². The smallest absolute Gasteiger partial charge is 0.311 e. The highest BCUT2D eigenvalue weighted by Crippen LogP contribution is 1.93. The summed E-state index contributed by atoms with van der Waals surface area (Å²) in [6.07, 6.45) is 1.95. The Hall–Kier alpha value is -1.06. The van der Waals surface area contributed by atoms with Crippen molar-refractivity contribution in [2.24, 2.45) is 0 Å². The highest BCUT2D eigenvalue weighted by atomic mass is 16.2. The van der Waals surface area contributed by atoms with E-state index >= 15 is 0 Å². The van der Waals surface area contributed by atoms with Gasteiger partial charge < -0.3 is 10.2 Å². The predicted molar refractivity (Wildman–Crippen MR) is 55.8 cm³/mol. The molecule has 0 aliphatic rings. The number of hydrogen-bond acceptors (Lipinski definition) is 2. The Bertz CT molecular complexity index is 202. The highest BCUT2D eigenvalue weighted by molar-refractivity contribution is 6.34. The van der Waals surface area contributed by atoms with Gasteiger partial charge in [0.2, 0.25) is 0 Å². The van der Waals surface area contributed by atoms with Gasteiger partial charge in [-0.3, -0.25) is 9.59 Å². The van der Waals surface area contributed by atoms with E-state index in [1.807, 2.05) is 20.8 Å². The van der Waals surface area contributed by atoms with E-state index in [9.17, 15) is 9.59 Å². The van der Waals surface area contributed by atoms with E-state index < -0.39 is 11.8 Å². The largest absolute Gasteiger partial charge is 0.346 e. The highest BCUT2D eigenvalue weighted by Gasteiger charge is 2.18. The van der Waals surface area contributed by atoms with Crippen LogP contribution in [0.5, 0.6) is 0 Å². The molecule has 4 heteroatoms. The maximum atomic E-state index is 11.4. The molecule has 0 aliphatic carbocycles. The first-order valence-electron chi connectivity index (χ1n) is 5.05. The van der Waals surface area contributed by atoms with Crippen LogP contribution in [0.25, 0.3) is 0 Å². The molecule has 1 N–H and O–H groups in total. The van der Waals surface area contributed by atoms with Crippen molar-refractivity contribution < 1.29 is 9.59 Å². The van der Waals surface area contributed by atoms with Crippen LogP contribution in [0.3, 0.4) is 0 Å². The van der Waals surface area contributed by atoms with E-state index in [0.29, 0.717) is 6.54 Å². The number of rotatable bonds is 4. The first kappa shape index (κ1) is 12.9. The van der Waals surface area contributed by atoms with Crippen LogP contribution in [-0.4, -0.2) is 36.3 Å². The van der Waals surface area contributed by atoms with Gasteiger partial charge in [-0.25, -0.2) is 0 Å². The number of hydrogen-bond donors (Lipinski definition) is 1. The van der Waals surface area contributed by atoms with Crippen molar-refractivity contribution in [3.63, 3.8) is 0 Å². The van der Waals surface area contributed by atoms with Gasteiger partial charge in [-0.1, -0.05) is 13.3 Å². The molecule has 0 radical (unpaired) electrons. The maximum absolute atomic E-state index is 11.4. The van der Waals surface area contributed by atoms with Crippen molar-refractivity contribution in [2.75, 3.05) is 13.6 Å². The van der Waals surface area contributed by atoms with Gasteiger partial charge in [0.05, 0.1) is 0 Å². The third-order valence-electron chi connectivity index (χ3n) is 1.81. The topological polar surface area (TPSA) is 49.4 Å². The van der Waals surface area contributed by atoms with Crippen LogP contribution in [0.15, 0.2) is 0 Å². The molecule has 0 atom stereocenters. The SMILES string of the molecule is CCCCN(C)C(=O)C(=O)NC(C)C. The summed E-state index contributed by atoms with van der Waals surface area (Å²) in [5.41, 5.74) is 0. The summed E-state index contributed by atoms with van der Waals surface area (Å²) in [6, 6.07) is 0.00558. The first-order valence-corrected chi connectivity index (χ1v) is 5.05. The van der Waals surface area contributed by atoms with Crippen molar-refractivity contribution in [1.29, 1.82) is 0 Å². The van der Waals surface area contributed by atoms with Gasteiger partial charge in [-0.2, -0.15) is 0 Å². The van der Waals surface area contributed by atoms with Crippen molar-refractivity contribution in [1.82, 2.24) is 10.2 Å². The number of unbranched alkanes of at least 4 members (excludes halogenated alkanes) is 1. The minimum atomic E-state index is -0.515.